The summed E-state index contributed by atoms with van der Waals surface area (Å²) in [5.41, 5.74) is 6.51. The van der Waals surface area contributed by atoms with E-state index in [2.05, 4.69) is 15.3 Å². The number of carbonyl (C=O) groups excluding carboxylic acids is 1. The Morgan fingerprint density at radius 3 is 2.53 bits per heavy atom. The number of aromatic nitrogens is 2. The number of halogens is 4. The molecule has 0 amide bonds. The number of nitrogens with zero attached hydrogens (tertiary/aromatic N) is 2. The van der Waals surface area contributed by atoms with Crippen molar-refractivity contribution in [2.24, 2.45) is 0 Å². The molecule has 1 aromatic carbocycles. The zero-order valence-corrected chi connectivity index (χ0v) is 16.6. The predicted octanol–water partition coefficient (Wildman–Crippen LogP) is 5.97. The van der Waals surface area contributed by atoms with Gasteiger partial charge in [-0.25, -0.2) is 4.98 Å². The predicted molar refractivity (Wildman–Crippen MR) is 111 cm³/mol. The van der Waals surface area contributed by atoms with Crippen LogP contribution in [0.25, 0.3) is 22.2 Å². The highest BCUT2D eigenvalue weighted by Gasteiger charge is 2.30. The third kappa shape index (κ3) is 3.98. The Morgan fingerprint density at radius 1 is 1.16 bits per heavy atom. The van der Waals surface area contributed by atoms with Gasteiger partial charge in [0.25, 0.3) is 0 Å². The van der Waals surface area contributed by atoms with Crippen molar-refractivity contribution in [3.8, 4) is 11.3 Å². The summed E-state index contributed by atoms with van der Waals surface area (Å²) in [6, 6.07) is 8.42. The number of rotatable bonds is 5. The molecule has 0 unspecified atom stereocenters. The smallest absolute Gasteiger partial charge is 0.416 e. The number of pyridine rings is 2. The molecule has 4 rings (SSSR count). The van der Waals surface area contributed by atoms with Gasteiger partial charge < -0.3 is 15.5 Å². The van der Waals surface area contributed by atoms with Gasteiger partial charge >= 0.3 is 6.18 Å². The normalized spacial score (nSPS) is 11.7. The number of hydrogen-bond acceptors (Lipinski definition) is 6. The van der Waals surface area contributed by atoms with E-state index in [0.29, 0.717) is 11.3 Å². The molecule has 3 aromatic heterocycles. The molecule has 0 aliphatic rings. The van der Waals surface area contributed by atoms with Crippen molar-refractivity contribution in [2.75, 3.05) is 11.1 Å². The van der Waals surface area contributed by atoms with E-state index in [0.717, 1.165) is 18.2 Å². The van der Waals surface area contributed by atoms with Gasteiger partial charge in [-0.15, -0.1) is 0 Å². The Kier molecular flexibility index (Phi) is 5.29. The van der Waals surface area contributed by atoms with Gasteiger partial charge in [-0.1, -0.05) is 6.92 Å². The molecular weight excluding hydrogens is 428 g/mol. The molecule has 32 heavy (non-hydrogen) atoms. The first-order valence-electron chi connectivity index (χ1n) is 9.49. The van der Waals surface area contributed by atoms with E-state index in [1.807, 2.05) is 0 Å². The maximum Gasteiger partial charge on any atom is 0.416 e. The first-order valence-corrected chi connectivity index (χ1v) is 9.49. The van der Waals surface area contributed by atoms with Gasteiger partial charge in [-0.05, 0) is 36.4 Å². The van der Waals surface area contributed by atoms with Gasteiger partial charge in [0, 0.05) is 29.9 Å². The van der Waals surface area contributed by atoms with Gasteiger partial charge in [0.15, 0.2) is 11.4 Å². The number of ketones is 1. The van der Waals surface area contributed by atoms with E-state index in [-0.39, 0.29) is 46.1 Å². The van der Waals surface area contributed by atoms with Crippen molar-refractivity contribution in [3.05, 3.63) is 65.9 Å². The second-order valence-electron chi connectivity index (χ2n) is 6.92. The molecule has 0 saturated carbocycles. The maximum atomic E-state index is 14.4. The lowest BCUT2D eigenvalue weighted by Crippen LogP contribution is -2.04. The largest absolute Gasteiger partial charge is 0.436 e. The van der Waals surface area contributed by atoms with Gasteiger partial charge in [0.1, 0.15) is 17.1 Å². The van der Waals surface area contributed by atoms with E-state index in [4.69, 9.17) is 10.2 Å². The van der Waals surface area contributed by atoms with Crippen molar-refractivity contribution >= 4 is 34.0 Å². The fourth-order valence-electron chi connectivity index (χ4n) is 3.21. The monoisotopic (exact) mass is 444 g/mol. The zero-order valence-electron chi connectivity index (χ0n) is 16.6. The van der Waals surface area contributed by atoms with Crippen LogP contribution < -0.4 is 11.1 Å². The molecule has 0 radical (unpaired) electrons. The molecule has 0 saturated heterocycles. The van der Waals surface area contributed by atoms with Crippen molar-refractivity contribution in [3.63, 3.8) is 0 Å². The van der Waals surface area contributed by atoms with E-state index in [1.54, 1.807) is 13.0 Å². The number of alkyl halides is 3. The highest BCUT2D eigenvalue weighted by Crippen LogP contribution is 2.40. The molecule has 0 spiro atoms. The number of nitrogens with two attached hydrogens (primary N) is 1. The maximum absolute atomic E-state index is 14.4. The van der Waals surface area contributed by atoms with E-state index >= 15 is 0 Å². The summed E-state index contributed by atoms with van der Waals surface area (Å²) in [4.78, 5) is 19.9. The first kappa shape index (κ1) is 21.3. The van der Waals surface area contributed by atoms with Crippen LogP contribution >= 0.6 is 0 Å². The standard InChI is InChI=1S/C22H16F4N4O2/c1-2-16(31)15-9-11(7-8-28-15)18-20-14(10-17(23)30-18)19(21(27)32-20)29-13-5-3-12(4-6-13)22(24,25)26/h3-10,29H,2,27H2,1H3. The van der Waals surface area contributed by atoms with Gasteiger partial charge in [0.05, 0.1) is 10.9 Å². The number of nitrogens with one attached hydrogen (secondary N) is 1. The Hall–Kier alpha value is -3.95. The molecule has 10 heteroatoms. The third-order valence-corrected chi connectivity index (χ3v) is 4.79. The summed E-state index contributed by atoms with van der Waals surface area (Å²) in [5.74, 6) is -1.13. The lowest BCUT2D eigenvalue weighted by Gasteiger charge is -2.09. The SMILES string of the molecule is CCC(=O)c1cc(-c2nc(F)cc3c(Nc4ccc(C(F)(F)F)cc4)c(N)oc23)ccn1. The minimum atomic E-state index is -4.47. The Labute approximate surface area is 179 Å². The van der Waals surface area contributed by atoms with Crippen LogP contribution in [0.4, 0.5) is 34.8 Å². The quantitative estimate of drug-likeness (QED) is 0.224. The minimum absolute atomic E-state index is 0.104. The van der Waals surface area contributed by atoms with Crippen molar-refractivity contribution < 1.29 is 26.8 Å². The number of carbonyl (C=O) groups is 1. The van der Waals surface area contributed by atoms with E-state index in [1.165, 1.54) is 24.4 Å². The van der Waals surface area contributed by atoms with Gasteiger partial charge in [-0.2, -0.15) is 17.6 Å². The number of hydrogen-bond donors (Lipinski definition) is 2. The molecule has 0 aliphatic carbocycles. The fourth-order valence-corrected chi connectivity index (χ4v) is 3.21. The number of nitrogen functional groups attached to an aromatic ring is 1. The Bertz CT molecular complexity index is 1310. The molecule has 164 valence electrons. The molecule has 0 aliphatic heterocycles. The second kappa shape index (κ2) is 7.95. The number of furan rings is 1. The number of fused-ring (bicyclic) bond motifs is 1. The number of benzene rings is 1. The average Bonchev–Trinajstić information content (AvgIpc) is 3.07. The summed E-state index contributed by atoms with van der Waals surface area (Å²) in [5, 5.41) is 3.11. The summed E-state index contributed by atoms with van der Waals surface area (Å²) >= 11 is 0. The zero-order chi connectivity index (χ0) is 23.0. The molecule has 3 heterocycles. The van der Waals surface area contributed by atoms with Crippen LogP contribution in [-0.4, -0.2) is 15.8 Å². The van der Waals surface area contributed by atoms with Gasteiger partial charge in [-0.3, -0.25) is 9.78 Å². The number of anilines is 3. The molecule has 3 N–H and O–H groups in total. The third-order valence-electron chi connectivity index (χ3n) is 4.79. The first-order chi connectivity index (χ1) is 15.2. The summed E-state index contributed by atoms with van der Waals surface area (Å²) < 4.78 is 58.4. The van der Waals surface area contributed by atoms with E-state index in [9.17, 15) is 22.4 Å². The highest BCUT2D eigenvalue weighted by molar-refractivity contribution is 6.04. The molecule has 0 atom stereocenters. The molecule has 0 fully saturated rings. The summed E-state index contributed by atoms with van der Waals surface area (Å²) in [6.45, 7) is 1.70. The summed E-state index contributed by atoms with van der Waals surface area (Å²) in [6.07, 6.45) is -2.81. The van der Waals surface area contributed by atoms with Gasteiger partial charge in [0.2, 0.25) is 11.8 Å². The van der Waals surface area contributed by atoms with Crippen molar-refractivity contribution in [2.45, 2.75) is 19.5 Å². The van der Waals surface area contributed by atoms with Crippen LogP contribution in [0, 0.1) is 5.95 Å². The topological polar surface area (TPSA) is 94.0 Å². The number of Topliss-reactive ketones (excluding diaryl/α,β-unsaturated/α-hetero) is 1. The average molecular weight is 444 g/mol. The lowest BCUT2D eigenvalue weighted by atomic mass is 10.1. The van der Waals surface area contributed by atoms with E-state index < -0.39 is 17.7 Å². The van der Waals surface area contributed by atoms with Crippen LogP contribution in [-0.2, 0) is 6.18 Å². The van der Waals surface area contributed by atoms with Crippen LogP contribution in [0.2, 0.25) is 0 Å². The highest BCUT2D eigenvalue weighted by atomic mass is 19.4. The van der Waals surface area contributed by atoms with Crippen LogP contribution in [0.15, 0.2) is 53.1 Å². The minimum Gasteiger partial charge on any atom is -0.436 e. The van der Waals surface area contributed by atoms with Crippen molar-refractivity contribution in [1.82, 2.24) is 9.97 Å². The van der Waals surface area contributed by atoms with Crippen LogP contribution in [0.5, 0.6) is 0 Å². The second-order valence-corrected chi connectivity index (χ2v) is 6.92. The molecule has 4 aromatic rings. The fraction of sp³-hybridized carbons (Fsp3) is 0.136. The summed E-state index contributed by atoms with van der Waals surface area (Å²) in [7, 11) is 0. The molecular formula is C22H16F4N4O2. The Balaban J connectivity index is 1.78. The van der Waals surface area contributed by atoms with Crippen LogP contribution in [0.1, 0.15) is 29.4 Å². The molecule has 0 bridgehead atoms. The molecule has 6 nitrogen and oxygen atoms in total. The van der Waals surface area contributed by atoms with Crippen molar-refractivity contribution in [1.29, 1.82) is 0 Å². The van der Waals surface area contributed by atoms with Crippen LogP contribution in [0.3, 0.4) is 0 Å². The lowest BCUT2D eigenvalue weighted by molar-refractivity contribution is -0.137. The Morgan fingerprint density at radius 2 is 1.88 bits per heavy atom.